The van der Waals surface area contributed by atoms with Crippen LogP contribution in [0.4, 0.5) is 0 Å². The Kier molecular flexibility index (Phi) is 6.87. The number of nitrogens with zero attached hydrogens (tertiary/aromatic N) is 2. The fraction of sp³-hybridized carbons (Fsp3) is 0.552. The molecule has 0 bridgehead atoms. The third kappa shape index (κ3) is 4.97. The van der Waals surface area contributed by atoms with E-state index in [0.29, 0.717) is 37.3 Å². The summed E-state index contributed by atoms with van der Waals surface area (Å²) in [5.74, 6) is 1.39. The summed E-state index contributed by atoms with van der Waals surface area (Å²) >= 11 is 0. The highest BCUT2D eigenvalue weighted by molar-refractivity contribution is 5.79. The molecule has 2 aromatic rings. The molecular weight excluding hydrogens is 454 g/mol. The Morgan fingerprint density at radius 2 is 1.72 bits per heavy atom. The van der Waals surface area contributed by atoms with Crippen molar-refractivity contribution in [1.29, 1.82) is 0 Å². The van der Waals surface area contributed by atoms with E-state index in [1.54, 1.807) is 0 Å². The van der Waals surface area contributed by atoms with Gasteiger partial charge in [0.15, 0.2) is 11.5 Å². The summed E-state index contributed by atoms with van der Waals surface area (Å²) in [5.41, 5.74) is 3.65. The molecule has 36 heavy (non-hydrogen) atoms. The van der Waals surface area contributed by atoms with E-state index in [4.69, 9.17) is 9.47 Å². The summed E-state index contributed by atoms with van der Waals surface area (Å²) in [6, 6.07) is 14.4. The van der Waals surface area contributed by atoms with Crippen LogP contribution in [0.15, 0.2) is 42.5 Å². The maximum absolute atomic E-state index is 13.5. The Morgan fingerprint density at radius 1 is 1.00 bits per heavy atom. The summed E-state index contributed by atoms with van der Waals surface area (Å²) in [7, 11) is 0. The van der Waals surface area contributed by atoms with Gasteiger partial charge in [0.2, 0.25) is 5.91 Å². The van der Waals surface area contributed by atoms with Gasteiger partial charge in [0, 0.05) is 19.1 Å². The first kappa shape index (κ1) is 23.8. The van der Waals surface area contributed by atoms with E-state index in [-0.39, 0.29) is 17.9 Å². The number of amides is 1. The van der Waals surface area contributed by atoms with Gasteiger partial charge in [0.1, 0.15) is 19.3 Å². The Labute approximate surface area is 213 Å². The van der Waals surface area contributed by atoms with E-state index in [1.807, 2.05) is 18.2 Å². The zero-order valence-corrected chi connectivity index (χ0v) is 20.9. The molecule has 2 fully saturated rings. The van der Waals surface area contributed by atoms with E-state index >= 15 is 0 Å². The first-order valence-electron chi connectivity index (χ1n) is 13.6. The van der Waals surface area contributed by atoms with E-state index in [9.17, 15) is 9.90 Å². The molecule has 4 aliphatic rings. The van der Waals surface area contributed by atoms with Crippen molar-refractivity contribution < 1.29 is 19.4 Å². The third-order valence-corrected chi connectivity index (χ3v) is 8.41. The summed E-state index contributed by atoms with van der Waals surface area (Å²) in [6.45, 7) is 5.47. The quantitative estimate of drug-likeness (QED) is 0.620. The van der Waals surface area contributed by atoms with Gasteiger partial charge in [-0.25, -0.2) is 0 Å². The van der Waals surface area contributed by atoms with Gasteiger partial charge in [-0.2, -0.15) is 0 Å². The molecule has 7 heteroatoms. The summed E-state index contributed by atoms with van der Waals surface area (Å²) < 4.78 is 11.4. The zero-order chi connectivity index (χ0) is 24.5. The van der Waals surface area contributed by atoms with Crippen LogP contribution < -0.4 is 14.8 Å². The highest BCUT2D eigenvalue weighted by Gasteiger charge is 2.36. The van der Waals surface area contributed by atoms with Gasteiger partial charge in [0.05, 0.1) is 12.0 Å². The minimum Gasteiger partial charge on any atom is -0.486 e. The predicted molar refractivity (Wildman–Crippen MR) is 137 cm³/mol. The SMILES string of the molecule is O=C(N[C@H](CN1CCCC1)[C@H](O)c1ccc2c(c1)OCCO2)[C@H]1CCN(C2Cc3ccccc3C2)C1. The number of benzene rings is 2. The topological polar surface area (TPSA) is 74.3 Å². The number of fused-ring (bicyclic) bond motifs is 2. The molecule has 1 aliphatic carbocycles. The lowest BCUT2D eigenvalue weighted by atomic mass is 9.99. The molecule has 0 radical (unpaired) electrons. The molecule has 3 aliphatic heterocycles. The maximum atomic E-state index is 13.5. The molecule has 2 aromatic carbocycles. The van der Waals surface area contributed by atoms with Crippen LogP contribution >= 0.6 is 0 Å². The van der Waals surface area contributed by atoms with E-state index in [0.717, 1.165) is 51.0 Å². The second-order valence-electron chi connectivity index (χ2n) is 10.8. The standard InChI is InChI=1S/C29H37N3O4/c33-28(22-7-8-26-27(17-22)36-14-13-35-26)25(19-31-10-3-4-11-31)30-29(34)23-9-12-32(18-23)24-15-20-5-1-2-6-21(20)16-24/h1-2,5-8,17,23-25,28,33H,3-4,9-16,18-19H2,(H,30,34)/t23-,25+,28+/m0/s1. The molecule has 0 unspecified atom stereocenters. The fourth-order valence-corrected chi connectivity index (χ4v) is 6.37. The lowest BCUT2D eigenvalue weighted by Crippen LogP contribution is -2.49. The molecule has 192 valence electrons. The van der Waals surface area contributed by atoms with Crippen LogP contribution in [-0.2, 0) is 17.6 Å². The summed E-state index contributed by atoms with van der Waals surface area (Å²) in [4.78, 5) is 18.3. The van der Waals surface area contributed by atoms with Crippen molar-refractivity contribution in [3.05, 3.63) is 59.2 Å². The Balaban J connectivity index is 1.12. The van der Waals surface area contributed by atoms with Gasteiger partial charge in [-0.15, -0.1) is 0 Å². The van der Waals surface area contributed by atoms with Crippen LogP contribution in [0, 0.1) is 5.92 Å². The predicted octanol–water partition coefficient (Wildman–Crippen LogP) is 2.56. The van der Waals surface area contributed by atoms with Crippen LogP contribution in [-0.4, -0.2) is 78.8 Å². The van der Waals surface area contributed by atoms with Crippen molar-refractivity contribution in [1.82, 2.24) is 15.1 Å². The molecule has 0 aromatic heterocycles. The molecule has 2 N–H and O–H groups in total. The number of hydrogen-bond donors (Lipinski definition) is 2. The van der Waals surface area contributed by atoms with Crippen LogP contribution in [0.25, 0.3) is 0 Å². The monoisotopic (exact) mass is 491 g/mol. The number of aliphatic hydroxyl groups excluding tert-OH is 1. The molecule has 0 spiro atoms. The molecule has 1 amide bonds. The number of likely N-dealkylation sites (tertiary alicyclic amines) is 2. The lowest BCUT2D eigenvalue weighted by molar-refractivity contribution is -0.126. The number of nitrogens with one attached hydrogen (secondary N) is 1. The normalized spacial score (nSPS) is 24.0. The van der Waals surface area contributed by atoms with Crippen molar-refractivity contribution in [2.75, 3.05) is 45.9 Å². The first-order chi connectivity index (χ1) is 17.6. The van der Waals surface area contributed by atoms with Crippen molar-refractivity contribution in [3.8, 4) is 11.5 Å². The zero-order valence-electron chi connectivity index (χ0n) is 20.9. The van der Waals surface area contributed by atoms with Gasteiger partial charge in [-0.05, 0) is 80.6 Å². The lowest BCUT2D eigenvalue weighted by Gasteiger charge is -2.30. The summed E-state index contributed by atoms with van der Waals surface area (Å²) in [5, 5.41) is 14.7. The molecule has 0 saturated carbocycles. The number of ether oxygens (including phenoxy) is 2. The Hall–Kier alpha value is -2.61. The highest BCUT2D eigenvalue weighted by Crippen LogP contribution is 2.34. The van der Waals surface area contributed by atoms with Gasteiger partial charge < -0.3 is 24.8 Å². The molecule has 2 saturated heterocycles. The smallest absolute Gasteiger partial charge is 0.224 e. The number of hydrogen-bond acceptors (Lipinski definition) is 6. The number of aliphatic hydroxyl groups is 1. The molecule has 6 rings (SSSR count). The van der Waals surface area contributed by atoms with Crippen molar-refractivity contribution >= 4 is 5.91 Å². The van der Waals surface area contributed by atoms with Gasteiger partial charge in [-0.1, -0.05) is 30.3 Å². The highest BCUT2D eigenvalue weighted by atomic mass is 16.6. The van der Waals surface area contributed by atoms with Gasteiger partial charge in [-0.3, -0.25) is 9.69 Å². The number of rotatable bonds is 7. The van der Waals surface area contributed by atoms with Gasteiger partial charge in [0.25, 0.3) is 0 Å². The van der Waals surface area contributed by atoms with Crippen LogP contribution in [0.5, 0.6) is 11.5 Å². The Morgan fingerprint density at radius 3 is 2.47 bits per heavy atom. The second kappa shape index (κ2) is 10.4. The summed E-state index contributed by atoms with van der Waals surface area (Å²) in [6.07, 6.45) is 4.54. The second-order valence-corrected chi connectivity index (χ2v) is 10.8. The van der Waals surface area contributed by atoms with E-state index < -0.39 is 6.10 Å². The minimum atomic E-state index is -0.813. The molecule has 3 heterocycles. The average Bonchev–Trinajstić information content (AvgIpc) is 3.68. The van der Waals surface area contributed by atoms with Crippen molar-refractivity contribution in [3.63, 3.8) is 0 Å². The molecular formula is C29H37N3O4. The van der Waals surface area contributed by atoms with Crippen LogP contribution in [0.2, 0.25) is 0 Å². The Bertz CT molecular complexity index is 1060. The van der Waals surface area contributed by atoms with Crippen LogP contribution in [0.3, 0.4) is 0 Å². The van der Waals surface area contributed by atoms with E-state index in [2.05, 4.69) is 39.4 Å². The largest absolute Gasteiger partial charge is 0.486 e. The number of carbonyl (C=O) groups is 1. The first-order valence-corrected chi connectivity index (χ1v) is 13.6. The maximum Gasteiger partial charge on any atom is 0.224 e. The third-order valence-electron chi connectivity index (χ3n) is 8.41. The van der Waals surface area contributed by atoms with Crippen molar-refractivity contribution in [2.24, 2.45) is 5.92 Å². The molecule has 3 atom stereocenters. The average molecular weight is 492 g/mol. The van der Waals surface area contributed by atoms with Gasteiger partial charge >= 0.3 is 0 Å². The van der Waals surface area contributed by atoms with Crippen LogP contribution in [0.1, 0.15) is 42.1 Å². The number of carbonyl (C=O) groups excluding carboxylic acids is 1. The minimum absolute atomic E-state index is 0.0396. The van der Waals surface area contributed by atoms with E-state index in [1.165, 1.54) is 24.0 Å². The van der Waals surface area contributed by atoms with Crippen molar-refractivity contribution in [2.45, 2.75) is 50.3 Å². The fourth-order valence-electron chi connectivity index (χ4n) is 6.37. The molecule has 7 nitrogen and oxygen atoms in total.